The van der Waals surface area contributed by atoms with E-state index in [2.05, 4.69) is 38.8 Å². The first-order chi connectivity index (χ1) is 8.24. The van der Waals surface area contributed by atoms with Crippen molar-refractivity contribution >= 4 is 33.2 Å². The number of aryl methyl sites for hydroxylation is 1. The number of carbonyl (C=O) groups is 1. The molecule has 1 aliphatic carbocycles. The largest absolute Gasteiger partial charge is 0.350 e. The van der Waals surface area contributed by atoms with Crippen LogP contribution in [0.1, 0.15) is 37.0 Å². The summed E-state index contributed by atoms with van der Waals surface area (Å²) in [6.45, 7) is 0. The second-order valence-corrected chi connectivity index (χ2v) is 6.34. The van der Waals surface area contributed by atoms with Gasteiger partial charge in [0.25, 0.3) is 0 Å². The number of hydrogen-bond donors (Lipinski definition) is 1. The van der Waals surface area contributed by atoms with Crippen molar-refractivity contribution in [2.75, 3.05) is 5.33 Å². The van der Waals surface area contributed by atoms with Crippen molar-refractivity contribution in [1.82, 2.24) is 5.32 Å². The monoisotopic (exact) mass is 315 g/mol. The van der Waals surface area contributed by atoms with Gasteiger partial charge in [0.15, 0.2) is 0 Å². The van der Waals surface area contributed by atoms with Gasteiger partial charge in [-0.25, -0.2) is 0 Å². The highest BCUT2D eigenvalue weighted by Crippen LogP contribution is 2.33. The Morgan fingerprint density at radius 1 is 1.53 bits per heavy atom. The van der Waals surface area contributed by atoms with Crippen LogP contribution in [0.15, 0.2) is 17.5 Å². The third-order valence-corrected chi connectivity index (χ3v) is 5.39. The summed E-state index contributed by atoms with van der Waals surface area (Å²) in [6, 6.07) is 4.20. The molecule has 1 amide bonds. The first kappa shape index (κ1) is 13.1. The third kappa shape index (κ3) is 3.55. The van der Waals surface area contributed by atoms with Crippen LogP contribution in [0.4, 0.5) is 0 Å². The average Bonchev–Trinajstić information content (AvgIpc) is 2.76. The molecule has 0 atom stereocenters. The number of alkyl halides is 1. The van der Waals surface area contributed by atoms with Gasteiger partial charge in [-0.1, -0.05) is 22.0 Å². The zero-order chi connectivity index (χ0) is 12.1. The van der Waals surface area contributed by atoms with E-state index in [0.717, 1.165) is 31.0 Å². The van der Waals surface area contributed by atoms with Crippen LogP contribution in [0.5, 0.6) is 0 Å². The SMILES string of the molecule is O=C(CCCc1cccs1)NC1(CBr)CCC1. The number of halogens is 1. The molecule has 2 nitrogen and oxygen atoms in total. The molecule has 1 fully saturated rings. The molecule has 94 valence electrons. The van der Waals surface area contributed by atoms with Gasteiger partial charge in [0.1, 0.15) is 0 Å². The minimum atomic E-state index is 0.0695. The predicted octanol–water partition coefficient (Wildman–Crippen LogP) is 3.50. The van der Waals surface area contributed by atoms with E-state index in [-0.39, 0.29) is 11.4 Å². The van der Waals surface area contributed by atoms with E-state index in [1.54, 1.807) is 11.3 Å². The highest BCUT2D eigenvalue weighted by molar-refractivity contribution is 9.09. The van der Waals surface area contributed by atoms with Crippen LogP contribution in [0.2, 0.25) is 0 Å². The number of rotatable bonds is 6. The lowest BCUT2D eigenvalue weighted by molar-refractivity contribution is -0.123. The number of amides is 1. The van der Waals surface area contributed by atoms with E-state index in [0.29, 0.717) is 6.42 Å². The van der Waals surface area contributed by atoms with Gasteiger partial charge in [-0.3, -0.25) is 4.79 Å². The number of thiophene rings is 1. The molecule has 2 rings (SSSR count). The van der Waals surface area contributed by atoms with Gasteiger partial charge in [-0.05, 0) is 43.6 Å². The average molecular weight is 316 g/mol. The molecule has 0 unspecified atom stereocenters. The van der Waals surface area contributed by atoms with Crippen LogP contribution in [0.3, 0.4) is 0 Å². The maximum atomic E-state index is 11.8. The Bertz CT molecular complexity index is 354. The molecule has 0 aromatic carbocycles. The molecule has 0 aliphatic heterocycles. The van der Waals surface area contributed by atoms with Crippen molar-refractivity contribution < 1.29 is 4.79 Å². The number of hydrogen-bond acceptors (Lipinski definition) is 2. The zero-order valence-electron chi connectivity index (χ0n) is 9.88. The molecular weight excluding hydrogens is 298 g/mol. The van der Waals surface area contributed by atoms with Gasteiger partial charge in [-0.15, -0.1) is 11.3 Å². The van der Waals surface area contributed by atoms with Crippen LogP contribution in [-0.2, 0) is 11.2 Å². The molecule has 1 aromatic heterocycles. The summed E-state index contributed by atoms with van der Waals surface area (Å²) in [6.07, 6.45) is 6.09. The van der Waals surface area contributed by atoms with Crippen molar-refractivity contribution in [3.63, 3.8) is 0 Å². The molecule has 1 N–H and O–H groups in total. The van der Waals surface area contributed by atoms with Crippen molar-refractivity contribution in [2.24, 2.45) is 0 Å². The van der Waals surface area contributed by atoms with Gasteiger partial charge >= 0.3 is 0 Å². The molecule has 1 heterocycles. The fourth-order valence-electron chi connectivity index (χ4n) is 2.13. The van der Waals surface area contributed by atoms with E-state index in [1.165, 1.54) is 11.3 Å². The number of carbonyl (C=O) groups excluding carboxylic acids is 1. The molecule has 1 saturated carbocycles. The highest BCUT2D eigenvalue weighted by Gasteiger charge is 2.36. The Labute approximate surface area is 115 Å². The molecule has 17 heavy (non-hydrogen) atoms. The fraction of sp³-hybridized carbons (Fsp3) is 0.615. The standard InChI is InChI=1S/C13H18BrNOS/c14-10-13(7-3-8-13)15-12(16)6-1-4-11-5-2-9-17-11/h2,5,9H,1,3-4,6-8,10H2,(H,15,16). The maximum absolute atomic E-state index is 11.8. The van der Waals surface area contributed by atoms with E-state index >= 15 is 0 Å². The summed E-state index contributed by atoms with van der Waals surface area (Å²) in [5.41, 5.74) is 0.0695. The Balaban J connectivity index is 1.67. The molecule has 0 radical (unpaired) electrons. The summed E-state index contributed by atoms with van der Waals surface area (Å²) in [7, 11) is 0. The first-order valence-corrected chi connectivity index (χ1v) is 8.14. The van der Waals surface area contributed by atoms with Gasteiger partial charge in [0, 0.05) is 22.2 Å². The quantitative estimate of drug-likeness (QED) is 0.800. The lowest BCUT2D eigenvalue weighted by Gasteiger charge is -2.41. The summed E-state index contributed by atoms with van der Waals surface area (Å²) < 4.78 is 0. The summed E-state index contributed by atoms with van der Waals surface area (Å²) in [4.78, 5) is 13.2. The minimum Gasteiger partial charge on any atom is -0.350 e. The van der Waals surface area contributed by atoms with Crippen molar-refractivity contribution in [3.8, 4) is 0 Å². The van der Waals surface area contributed by atoms with Crippen LogP contribution in [0.25, 0.3) is 0 Å². The van der Waals surface area contributed by atoms with Crippen molar-refractivity contribution in [3.05, 3.63) is 22.4 Å². The number of nitrogens with one attached hydrogen (secondary N) is 1. The fourth-order valence-corrected chi connectivity index (χ4v) is 3.58. The zero-order valence-corrected chi connectivity index (χ0v) is 12.3. The summed E-state index contributed by atoms with van der Waals surface area (Å²) >= 11 is 5.27. The van der Waals surface area contributed by atoms with Crippen molar-refractivity contribution in [1.29, 1.82) is 0 Å². The van der Waals surface area contributed by atoms with E-state index in [1.807, 2.05) is 0 Å². The smallest absolute Gasteiger partial charge is 0.220 e. The molecule has 4 heteroatoms. The second kappa shape index (κ2) is 6.01. The van der Waals surface area contributed by atoms with Gasteiger partial charge in [0.2, 0.25) is 5.91 Å². The van der Waals surface area contributed by atoms with E-state index in [9.17, 15) is 4.79 Å². The molecule has 0 saturated heterocycles. The molecular formula is C13H18BrNOS. The highest BCUT2D eigenvalue weighted by atomic mass is 79.9. The van der Waals surface area contributed by atoms with Gasteiger partial charge in [0.05, 0.1) is 0 Å². The summed E-state index contributed by atoms with van der Waals surface area (Å²) in [5, 5.41) is 6.15. The Morgan fingerprint density at radius 3 is 2.88 bits per heavy atom. The summed E-state index contributed by atoms with van der Waals surface area (Å²) in [5.74, 6) is 0.209. The van der Waals surface area contributed by atoms with Crippen LogP contribution >= 0.6 is 27.3 Å². The van der Waals surface area contributed by atoms with Crippen LogP contribution < -0.4 is 5.32 Å². The Morgan fingerprint density at radius 2 is 2.35 bits per heavy atom. The minimum absolute atomic E-state index is 0.0695. The van der Waals surface area contributed by atoms with E-state index < -0.39 is 0 Å². The van der Waals surface area contributed by atoms with Gasteiger partial charge in [-0.2, -0.15) is 0 Å². The van der Waals surface area contributed by atoms with Crippen LogP contribution in [-0.4, -0.2) is 16.8 Å². The first-order valence-electron chi connectivity index (χ1n) is 6.13. The third-order valence-electron chi connectivity index (χ3n) is 3.38. The normalized spacial score (nSPS) is 17.5. The van der Waals surface area contributed by atoms with Crippen molar-refractivity contribution in [2.45, 2.75) is 44.1 Å². The Kier molecular flexibility index (Phi) is 4.62. The predicted molar refractivity (Wildman–Crippen MR) is 75.8 cm³/mol. The molecule has 0 spiro atoms. The molecule has 1 aromatic rings. The van der Waals surface area contributed by atoms with Gasteiger partial charge < -0.3 is 5.32 Å². The lowest BCUT2D eigenvalue weighted by atomic mass is 9.78. The topological polar surface area (TPSA) is 29.1 Å². The molecule has 1 aliphatic rings. The lowest BCUT2D eigenvalue weighted by Crippen LogP contribution is -2.54. The second-order valence-electron chi connectivity index (χ2n) is 4.75. The maximum Gasteiger partial charge on any atom is 0.220 e. The van der Waals surface area contributed by atoms with E-state index in [4.69, 9.17) is 0 Å². The Hall–Kier alpha value is -0.350. The molecule has 0 bridgehead atoms. The van der Waals surface area contributed by atoms with Crippen LogP contribution in [0, 0.1) is 0 Å².